The number of thioether (sulfide) groups is 3. The molecule has 0 amide bonds. The maximum atomic E-state index is 5.14. The molecule has 0 aliphatic carbocycles. The molecule has 0 aliphatic heterocycles. The third kappa shape index (κ3) is 9.79. The van der Waals surface area contributed by atoms with E-state index in [1.807, 2.05) is 6.07 Å². The summed E-state index contributed by atoms with van der Waals surface area (Å²) >= 11 is 4.82. The molecule has 0 spiro atoms. The number of nitrogens with zero attached hydrogens (tertiary/aromatic N) is 2. The first kappa shape index (κ1) is 20.8. The van der Waals surface area contributed by atoms with Gasteiger partial charge in [-0.3, -0.25) is 0 Å². The van der Waals surface area contributed by atoms with E-state index in [0.29, 0.717) is 19.8 Å². The minimum atomic E-state index is 0.581. The second-order valence-electron chi connectivity index (χ2n) is 3.98. The number of hydrogen-bond acceptors (Lipinski definition) is 8. The number of rotatable bonds is 15. The molecule has 0 unspecified atom stereocenters. The molecule has 0 bridgehead atoms. The minimum absolute atomic E-state index is 0.581. The van der Waals surface area contributed by atoms with E-state index >= 15 is 0 Å². The van der Waals surface area contributed by atoms with Crippen LogP contribution in [-0.4, -0.2) is 47.0 Å². The highest BCUT2D eigenvalue weighted by molar-refractivity contribution is 8.00. The molecule has 0 saturated carbocycles. The van der Waals surface area contributed by atoms with Crippen molar-refractivity contribution in [2.45, 2.75) is 15.2 Å². The molecule has 1 heterocycles. The van der Waals surface area contributed by atoms with Gasteiger partial charge in [-0.1, -0.05) is 31.5 Å². The van der Waals surface area contributed by atoms with Crippen LogP contribution >= 0.6 is 35.3 Å². The van der Waals surface area contributed by atoms with Gasteiger partial charge in [-0.25, -0.2) is 9.97 Å². The van der Waals surface area contributed by atoms with Crippen LogP contribution in [0.1, 0.15) is 0 Å². The maximum absolute atomic E-state index is 5.14. The van der Waals surface area contributed by atoms with Crippen LogP contribution in [0.2, 0.25) is 0 Å². The van der Waals surface area contributed by atoms with Crippen LogP contribution in [0.4, 0.5) is 0 Å². The summed E-state index contributed by atoms with van der Waals surface area (Å²) in [5.41, 5.74) is 0. The Morgan fingerprint density at radius 3 is 1.58 bits per heavy atom. The molecule has 1 aromatic rings. The molecule has 0 saturated heterocycles. The molecule has 8 heteroatoms. The lowest BCUT2D eigenvalue weighted by molar-refractivity contribution is 0.274. The number of aromatic nitrogens is 2. The summed E-state index contributed by atoms with van der Waals surface area (Å²) in [5.74, 6) is 2.37. The highest BCUT2D eigenvalue weighted by atomic mass is 32.2. The van der Waals surface area contributed by atoms with Crippen LogP contribution in [0, 0.1) is 0 Å². The monoisotopic (exact) mass is 386 g/mol. The second-order valence-corrected chi connectivity index (χ2v) is 7.28. The van der Waals surface area contributed by atoms with Gasteiger partial charge in [0.2, 0.25) is 0 Å². The predicted molar refractivity (Wildman–Crippen MR) is 103 cm³/mol. The molecule has 0 N–H and O–H groups in total. The molecule has 0 aliphatic rings. The van der Waals surface area contributed by atoms with Crippen molar-refractivity contribution >= 4 is 35.3 Å². The summed E-state index contributed by atoms with van der Waals surface area (Å²) in [6.07, 6.45) is 4.33. The second kappa shape index (κ2) is 14.1. The lowest BCUT2D eigenvalue weighted by Gasteiger charge is -2.08. The van der Waals surface area contributed by atoms with Gasteiger partial charge in [0, 0.05) is 23.3 Å². The summed E-state index contributed by atoms with van der Waals surface area (Å²) in [4.78, 5) is 9.13. The van der Waals surface area contributed by atoms with Crippen LogP contribution in [0.25, 0.3) is 0 Å². The average Bonchev–Trinajstić information content (AvgIpc) is 2.59. The Hall–Kier alpha value is -1.25. The summed E-state index contributed by atoms with van der Waals surface area (Å²) in [5, 5.41) is 2.60. The fraction of sp³-hybridized carbons (Fsp3) is 0.375. The van der Waals surface area contributed by atoms with Crippen LogP contribution in [0.3, 0.4) is 0 Å². The molecular formula is C16H22N2O3S3. The topological polar surface area (TPSA) is 53.5 Å². The van der Waals surface area contributed by atoms with Gasteiger partial charge in [-0.05, 0) is 0 Å². The Morgan fingerprint density at radius 2 is 1.17 bits per heavy atom. The van der Waals surface area contributed by atoms with Crippen molar-refractivity contribution in [3.05, 3.63) is 44.6 Å². The Labute approximate surface area is 156 Å². The number of ether oxygens (including phenoxy) is 3. The van der Waals surface area contributed by atoms with E-state index in [-0.39, 0.29) is 0 Å². The normalized spacial score (nSPS) is 10.0. The first-order chi connectivity index (χ1) is 11.8. The molecule has 0 aromatic carbocycles. The largest absolute Gasteiger partial charge is 0.501 e. The Bertz CT molecular complexity index is 432. The lowest BCUT2D eigenvalue weighted by Crippen LogP contribution is -1.99. The van der Waals surface area contributed by atoms with Gasteiger partial charge in [0.25, 0.3) is 0 Å². The number of hydrogen-bond donors (Lipinski definition) is 0. The van der Waals surface area contributed by atoms with Gasteiger partial charge < -0.3 is 14.2 Å². The zero-order chi connectivity index (χ0) is 17.5. The van der Waals surface area contributed by atoms with Gasteiger partial charge in [0.05, 0.1) is 38.6 Å². The highest BCUT2D eigenvalue weighted by Gasteiger charge is 2.07. The van der Waals surface area contributed by atoms with Crippen molar-refractivity contribution in [3.63, 3.8) is 0 Å². The van der Waals surface area contributed by atoms with E-state index in [0.717, 1.165) is 32.5 Å². The van der Waals surface area contributed by atoms with E-state index in [9.17, 15) is 0 Å². The molecule has 1 aromatic heterocycles. The quantitative estimate of drug-likeness (QED) is 0.146. The first-order valence-corrected chi connectivity index (χ1v) is 10.2. The predicted octanol–water partition coefficient (Wildman–Crippen LogP) is 4.23. The van der Waals surface area contributed by atoms with Crippen molar-refractivity contribution in [3.8, 4) is 0 Å². The van der Waals surface area contributed by atoms with Crippen LogP contribution in [0.15, 0.2) is 59.8 Å². The first-order valence-electron chi connectivity index (χ1n) is 7.25. The molecule has 132 valence electrons. The van der Waals surface area contributed by atoms with E-state index < -0.39 is 0 Å². The van der Waals surface area contributed by atoms with Crippen molar-refractivity contribution in [1.82, 2.24) is 9.97 Å². The van der Waals surface area contributed by atoms with Crippen molar-refractivity contribution < 1.29 is 14.2 Å². The Balaban J connectivity index is 2.62. The van der Waals surface area contributed by atoms with Crippen LogP contribution in [-0.2, 0) is 14.2 Å². The zero-order valence-corrected chi connectivity index (χ0v) is 16.0. The summed E-state index contributed by atoms with van der Waals surface area (Å²) in [7, 11) is 0. The fourth-order valence-electron chi connectivity index (χ4n) is 1.42. The molecule has 5 nitrogen and oxygen atoms in total. The van der Waals surface area contributed by atoms with Crippen LogP contribution in [0.5, 0.6) is 0 Å². The van der Waals surface area contributed by atoms with Gasteiger partial charge in [-0.2, -0.15) is 0 Å². The maximum Gasteiger partial charge on any atom is 0.189 e. The zero-order valence-electron chi connectivity index (χ0n) is 13.5. The molecule has 0 fully saturated rings. The molecule has 1 rings (SSSR count). The van der Waals surface area contributed by atoms with Gasteiger partial charge in [-0.15, -0.1) is 23.5 Å². The van der Waals surface area contributed by atoms with Gasteiger partial charge >= 0.3 is 0 Å². The van der Waals surface area contributed by atoms with E-state index in [4.69, 9.17) is 14.2 Å². The lowest BCUT2D eigenvalue weighted by atomic mass is 10.7. The van der Waals surface area contributed by atoms with Crippen molar-refractivity contribution in [2.24, 2.45) is 0 Å². The summed E-state index contributed by atoms with van der Waals surface area (Å²) in [6.45, 7) is 12.4. The smallest absolute Gasteiger partial charge is 0.189 e. The minimum Gasteiger partial charge on any atom is -0.501 e. The molecular weight excluding hydrogens is 364 g/mol. The van der Waals surface area contributed by atoms with Gasteiger partial charge in [0.15, 0.2) is 5.16 Å². The third-order valence-electron chi connectivity index (χ3n) is 2.35. The standard InChI is InChI=1S/C16H22N2O3S3/c1-4-19-7-10-22-14-13-15(23-11-8-20-5-2)18-16(17-14)24-12-9-21-6-3/h4-6,13H,1-3,7-12H2. The fourth-order valence-corrected chi connectivity index (χ4v) is 3.76. The SMILES string of the molecule is C=COCCSc1cc(SCCOC=C)nc(SCCOC=C)n1. The van der Waals surface area contributed by atoms with Crippen molar-refractivity contribution in [1.29, 1.82) is 0 Å². The summed E-state index contributed by atoms with van der Waals surface area (Å²) in [6, 6.07) is 1.99. The Morgan fingerprint density at radius 1 is 0.750 bits per heavy atom. The van der Waals surface area contributed by atoms with E-state index in [2.05, 4.69) is 29.7 Å². The average molecular weight is 387 g/mol. The summed E-state index contributed by atoms with van der Waals surface area (Å²) < 4.78 is 15.4. The van der Waals surface area contributed by atoms with Crippen LogP contribution < -0.4 is 0 Å². The molecule has 0 radical (unpaired) electrons. The highest BCUT2D eigenvalue weighted by Crippen LogP contribution is 2.26. The van der Waals surface area contributed by atoms with Gasteiger partial charge in [0.1, 0.15) is 10.1 Å². The van der Waals surface area contributed by atoms with Crippen molar-refractivity contribution in [2.75, 3.05) is 37.1 Å². The van der Waals surface area contributed by atoms with E-state index in [1.54, 1.807) is 35.3 Å². The molecule has 0 atom stereocenters. The van der Waals surface area contributed by atoms with E-state index in [1.165, 1.54) is 18.8 Å². The molecule has 24 heavy (non-hydrogen) atoms. The Kier molecular flexibility index (Phi) is 12.2. The third-order valence-corrected chi connectivity index (χ3v) is 4.91.